The molecule has 0 unspecified atom stereocenters. The van der Waals surface area contributed by atoms with Crippen LogP contribution < -0.4 is 10.3 Å². The van der Waals surface area contributed by atoms with Gasteiger partial charge in [0, 0.05) is 17.7 Å². The van der Waals surface area contributed by atoms with Crippen LogP contribution in [0.4, 0.5) is 0 Å². The van der Waals surface area contributed by atoms with Crippen LogP contribution in [0.5, 0.6) is 11.5 Å². The van der Waals surface area contributed by atoms with Crippen LogP contribution >= 0.6 is 0 Å². The highest BCUT2D eigenvalue weighted by Gasteiger charge is 2.31. The van der Waals surface area contributed by atoms with Crippen LogP contribution in [0.1, 0.15) is 29.2 Å². The maximum absolute atomic E-state index is 12.1. The van der Waals surface area contributed by atoms with E-state index in [-0.39, 0.29) is 29.6 Å². The first-order valence-electron chi connectivity index (χ1n) is 6.28. The van der Waals surface area contributed by atoms with Gasteiger partial charge in [0.05, 0.1) is 12.0 Å². The van der Waals surface area contributed by atoms with Gasteiger partial charge in [-0.2, -0.15) is 0 Å². The molecule has 0 radical (unpaired) electrons. The second kappa shape index (κ2) is 4.52. The Morgan fingerprint density at radius 2 is 1.95 bits per heavy atom. The molecule has 20 heavy (non-hydrogen) atoms. The minimum Gasteiger partial charge on any atom is -0.508 e. The van der Waals surface area contributed by atoms with Crippen molar-refractivity contribution in [2.24, 2.45) is 0 Å². The van der Waals surface area contributed by atoms with E-state index in [0.717, 1.165) is 5.56 Å². The van der Waals surface area contributed by atoms with Gasteiger partial charge in [0.2, 0.25) is 0 Å². The van der Waals surface area contributed by atoms with E-state index in [2.05, 4.69) is 4.98 Å². The van der Waals surface area contributed by atoms with E-state index in [9.17, 15) is 14.7 Å². The second-order valence-corrected chi connectivity index (χ2v) is 4.88. The summed E-state index contributed by atoms with van der Waals surface area (Å²) in [6.45, 7) is 1.74. The molecule has 2 N–H and O–H groups in total. The van der Waals surface area contributed by atoms with Crippen LogP contribution in [0.25, 0.3) is 0 Å². The van der Waals surface area contributed by atoms with E-state index in [0.29, 0.717) is 17.0 Å². The minimum atomic E-state index is -0.361. The lowest BCUT2D eigenvalue weighted by Crippen LogP contribution is -2.28. The fourth-order valence-corrected chi connectivity index (χ4v) is 2.51. The predicted octanol–water partition coefficient (Wildman–Crippen LogP) is 1.83. The topological polar surface area (TPSA) is 79.4 Å². The molecule has 0 saturated heterocycles. The third kappa shape index (κ3) is 2.07. The first-order valence-corrected chi connectivity index (χ1v) is 6.28. The molecule has 3 rings (SSSR count). The number of aromatic hydroxyl groups is 1. The number of pyridine rings is 1. The number of H-pyrrole nitrogens is 1. The normalized spacial score (nSPS) is 17.4. The van der Waals surface area contributed by atoms with Crippen LogP contribution in [0.3, 0.4) is 0 Å². The average Bonchev–Trinajstić information content (AvgIpc) is 2.37. The van der Waals surface area contributed by atoms with Gasteiger partial charge >= 0.3 is 5.97 Å². The molecular weight excluding hydrogens is 258 g/mol. The van der Waals surface area contributed by atoms with E-state index in [4.69, 9.17) is 4.74 Å². The van der Waals surface area contributed by atoms with Gasteiger partial charge in [-0.25, -0.2) is 0 Å². The molecule has 0 fully saturated rings. The number of benzene rings is 1. The number of phenols is 1. The van der Waals surface area contributed by atoms with E-state index in [1.54, 1.807) is 25.1 Å². The molecule has 2 heterocycles. The summed E-state index contributed by atoms with van der Waals surface area (Å²) in [6, 6.07) is 8.15. The predicted molar refractivity (Wildman–Crippen MR) is 72.0 cm³/mol. The van der Waals surface area contributed by atoms with Gasteiger partial charge in [-0.15, -0.1) is 0 Å². The Hall–Kier alpha value is -2.56. The summed E-state index contributed by atoms with van der Waals surface area (Å²) in [4.78, 5) is 26.6. The monoisotopic (exact) mass is 271 g/mol. The molecule has 1 aromatic heterocycles. The number of nitrogens with one attached hydrogen (secondary N) is 1. The number of hydrogen-bond donors (Lipinski definition) is 2. The quantitative estimate of drug-likeness (QED) is 0.775. The number of carbonyl (C=O) groups excluding carboxylic acids is 1. The van der Waals surface area contributed by atoms with Gasteiger partial charge < -0.3 is 14.8 Å². The molecule has 2 aromatic rings. The molecule has 1 aliphatic rings. The van der Waals surface area contributed by atoms with Crippen molar-refractivity contribution in [1.82, 2.24) is 4.98 Å². The van der Waals surface area contributed by atoms with Crippen molar-refractivity contribution < 1.29 is 14.6 Å². The average molecular weight is 271 g/mol. The molecule has 0 saturated carbocycles. The molecule has 102 valence electrons. The number of carbonyl (C=O) groups is 1. The molecule has 0 bridgehead atoms. The molecule has 0 amide bonds. The summed E-state index contributed by atoms with van der Waals surface area (Å²) in [5.41, 5.74) is 1.66. The number of aryl methyl sites for hydroxylation is 1. The molecule has 5 nitrogen and oxygen atoms in total. The van der Waals surface area contributed by atoms with Crippen LogP contribution in [0.2, 0.25) is 0 Å². The Balaban J connectivity index is 2.17. The van der Waals surface area contributed by atoms with Crippen molar-refractivity contribution in [3.8, 4) is 11.5 Å². The number of ether oxygens (including phenoxy) is 1. The number of aromatic nitrogens is 1. The third-order valence-corrected chi connectivity index (χ3v) is 3.41. The fraction of sp³-hybridized carbons (Fsp3) is 0.200. The summed E-state index contributed by atoms with van der Waals surface area (Å²) in [7, 11) is 0. The van der Waals surface area contributed by atoms with Gasteiger partial charge in [0.25, 0.3) is 5.56 Å². The Morgan fingerprint density at radius 3 is 2.65 bits per heavy atom. The number of phenolic OH excluding ortho intramolecular Hbond substituents is 1. The highest BCUT2D eigenvalue weighted by molar-refractivity contribution is 5.77. The lowest BCUT2D eigenvalue weighted by Gasteiger charge is -2.24. The number of fused-ring (bicyclic) bond motifs is 1. The van der Waals surface area contributed by atoms with Gasteiger partial charge in [-0.3, -0.25) is 9.59 Å². The van der Waals surface area contributed by atoms with E-state index >= 15 is 0 Å². The lowest BCUT2D eigenvalue weighted by atomic mass is 9.87. The summed E-state index contributed by atoms with van der Waals surface area (Å²) in [6.07, 6.45) is 0.115. The first-order chi connectivity index (χ1) is 9.54. The standard InChI is InChI=1S/C15H13NO4/c1-8-6-12-14(15(19)16-8)11(7-13(18)20-12)9-2-4-10(17)5-3-9/h2-6,11,17H,7H2,1H3,(H,16,19)/t11-/m0/s1. The summed E-state index contributed by atoms with van der Waals surface area (Å²) >= 11 is 0. The fourth-order valence-electron chi connectivity index (χ4n) is 2.51. The molecular formula is C15H13NO4. The molecule has 1 atom stereocenters. The van der Waals surface area contributed by atoms with Gasteiger partial charge in [0.1, 0.15) is 11.5 Å². The molecule has 5 heteroatoms. The van der Waals surface area contributed by atoms with Crippen LogP contribution in [-0.2, 0) is 4.79 Å². The van der Waals surface area contributed by atoms with E-state index in [1.807, 2.05) is 0 Å². The third-order valence-electron chi connectivity index (χ3n) is 3.41. The first kappa shape index (κ1) is 12.5. The maximum atomic E-state index is 12.1. The Bertz CT molecular complexity index is 731. The highest BCUT2D eigenvalue weighted by Crippen LogP contribution is 2.36. The Morgan fingerprint density at radius 1 is 1.25 bits per heavy atom. The molecule has 0 spiro atoms. The van der Waals surface area contributed by atoms with Crippen molar-refractivity contribution in [2.45, 2.75) is 19.3 Å². The van der Waals surface area contributed by atoms with Crippen molar-refractivity contribution >= 4 is 5.97 Å². The number of aromatic amines is 1. The molecule has 1 aromatic carbocycles. The zero-order valence-electron chi connectivity index (χ0n) is 10.8. The molecule has 1 aliphatic heterocycles. The smallest absolute Gasteiger partial charge is 0.312 e. The number of hydrogen-bond acceptors (Lipinski definition) is 4. The van der Waals surface area contributed by atoms with Gasteiger partial charge in [-0.1, -0.05) is 12.1 Å². The van der Waals surface area contributed by atoms with Crippen molar-refractivity contribution in [3.63, 3.8) is 0 Å². The maximum Gasteiger partial charge on any atom is 0.312 e. The van der Waals surface area contributed by atoms with Gasteiger partial charge in [-0.05, 0) is 24.6 Å². The van der Waals surface area contributed by atoms with Crippen molar-refractivity contribution in [1.29, 1.82) is 0 Å². The van der Waals surface area contributed by atoms with Gasteiger partial charge in [0.15, 0.2) is 0 Å². The lowest BCUT2D eigenvalue weighted by molar-refractivity contribution is -0.135. The largest absolute Gasteiger partial charge is 0.508 e. The number of rotatable bonds is 1. The highest BCUT2D eigenvalue weighted by atomic mass is 16.5. The van der Waals surface area contributed by atoms with Crippen molar-refractivity contribution in [2.75, 3.05) is 0 Å². The summed E-state index contributed by atoms with van der Waals surface area (Å²) < 4.78 is 5.16. The summed E-state index contributed by atoms with van der Waals surface area (Å²) in [5.74, 6) is -0.248. The second-order valence-electron chi connectivity index (χ2n) is 4.88. The van der Waals surface area contributed by atoms with Crippen LogP contribution in [0.15, 0.2) is 35.1 Å². The van der Waals surface area contributed by atoms with Crippen LogP contribution in [-0.4, -0.2) is 16.1 Å². The number of esters is 1. The Kier molecular flexibility index (Phi) is 2.82. The minimum absolute atomic E-state index is 0.115. The zero-order chi connectivity index (χ0) is 14.3. The van der Waals surface area contributed by atoms with Crippen LogP contribution in [0, 0.1) is 6.92 Å². The zero-order valence-corrected chi connectivity index (χ0v) is 10.8. The van der Waals surface area contributed by atoms with Crippen molar-refractivity contribution in [3.05, 3.63) is 57.5 Å². The van der Waals surface area contributed by atoms with E-state index < -0.39 is 0 Å². The van der Waals surface area contributed by atoms with E-state index in [1.165, 1.54) is 12.1 Å². The summed E-state index contributed by atoms with van der Waals surface area (Å²) in [5, 5.41) is 9.33. The SMILES string of the molecule is Cc1cc2c(c(=O)[nH]1)[C@H](c1ccc(O)cc1)CC(=O)O2. The molecule has 0 aliphatic carbocycles. The Labute approximate surface area is 114 Å².